The van der Waals surface area contributed by atoms with E-state index < -0.39 is 5.97 Å². The highest BCUT2D eigenvalue weighted by atomic mass is 16.4. The highest BCUT2D eigenvalue weighted by Crippen LogP contribution is 2.30. The molecule has 0 unspecified atom stereocenters. The maximum atomic E-state index is 12.2. The van der Waals surface area contributed by atoms with Crippen LogP contribution in [0.1, 0.15) is 34.8 Å². The summed E-state index contributed by atoms with van der Waals surface area (Å²) in [6, 6.07) is 12.2. The lowest BCUT2D eigenvalue weighted by Crippen LogP contribution is -2.25. The first kappa shape index (κ1) is 17.7. The smallest absolute Gasteiger partial charge is 0.335 e. The molecule has 0 saturated carbocycles. The van der Waals surface area contributed by atoms with Crippen molar-refractivity contribution in [3.8, 4) is 0 Å². The quantitative estimate of drug-likeness (QED) is 0.866. The molecular formula is C20H20N2O4. The Labute approximate surface area is 151 Å². The lowest BCUT2D eigenvalue weighted by molar-refractivity contribution is -0.117. The van der Waals surface area contributed by atoms with Crippen molar-refractivity contribution < 1.29 is 19.5 Å². The van der Waals surface area contributed by atoms with Gasteiger partial charge < -0.3 is 15.3 Å². The Bertz CT molecular complexity index is 876. The Kier molecular flexibility index (Phi) is 5.02. The van der Waals surface area contributed by atoms with Crippen LogP contribution in [0.4, 0.5) is 11.4 Å². The minimum Gasteiger partial charge on any atom is -0.478 e. The summed E-state index contributed by atoms with van der Waals surface area (Å²) in [7, 11) is 0. The van der Waals surface area contributed by atoms with Crippen molar-refractivity contribution >= 4 is 29.2 Å². The molecule has 0 fully saturated rings. The van der Waals surface area contributed by atoms with Gasteiger partial charge in [-0.05, 0) is 48.2 Å². The van der Waals surface area contributed by atoms with Gasteiger partial charge in [-0.25, -0.2) is 4.79 Å². The van der Waals surface area contributed by atoms with Gasteiger partial charge in [-0.3, -0.25) is 9.59 Å². The van der Waals surface area contributed by atoms with E-state index >= 15 is 0 Å². The second-order valence-electron chi connectivity index (χ2n) is 6.27. The van der Waals surface area contributed by atoms with Gasteiger partial charge in [0.1, 0.15) is 0 Å². The number of aromatic carboxylic acids is 1. The number of benzene rings is 2. The number of nitrogens with one attached hydrogen (secondary N) is 1. The fourth-order valence-electron chi connectivity index (χ4n) is 3.23. The second kappa shape index (κ2) is 7.39. The lowest BCUT2D eigenvalue weighted by atomic mass is 10.0. The van der Waals surface area contributed by atoms with Crippen molar-refractivity contribution in [1.82, 2.24) is 0 Å². The fraction of sp³-hybridized carbons (Fsp3) is 0.250. The first-order valence-electron chi connectivity index (χ1n) is 8.48. The summed E-state index contributed by atoms with van der Waals surface area (Å²) >= 11 is 0. The van der Waals surface area contributed by atoms with Crippen molar-refractivity contribution in [2.24, 2.45) is 0 Å². The first-order valence-corrected chi connectivity index (χ1v) is 8.48. The minimum atomic E-state index is -0.991. The van der Waals surface area contributed by atoms with Crippen LogP contribution in [0.5, 0.6) is 0 Å². The number of rotatable bonds is 5. The van der Waals surface area contributed by atoms with Crippen LogP contribution >= 0.6 is 0 Å². The second-order valence-corrected chi connectivity index (χ2v) is 6.27. The number of amides is 2. The molecule has 6 heteroatoms. The van der Waals surface area contributed by atoms with E-state index in [-0.39, 0.29) is 23.8 Å². The van der Waals surface area contributed by atoms with Gasteiger partial charge in [-0.1, -0.05) is 18.2 Å². The average molecular weight is 352 g/mol. The molecule has 6 nitrogen and oxygen atoms in total. The molecule has 134 valence electrons. The number of anilines is 2. The first-order chi connectivity index (χ1) is 12.5. The number of aryl methyl sites for hydroxylation is 1. The number of hydrogen-bond acceptors (Lipinski definition) is 3. The summed E-state index contributed by atoms with van der Waals surface area (Å²) in [6.07, 6.45) is 1.32. The predicted molar refractivity (Wildman–Crippen MR) is 98.5 cm³/mol. The Morgan fingerprint density at radius 1 is 1.15 bits per heavy atom. The van der Waals surface area contributed by atoms with Gasteiger partial charge in [0.05, 0.1) is 5.56 Å². The molecule has 0 saturated heterocycles. The molecule has 0 atom stereocenters. The standard InChI is InChI=1S/C20H20N2O4/c1-13(23)22-11-10-15-12-16(7-8-18(15)22)21-19(24)9-6-14-4-2-3-5-17(14)20(25)26/h2-5,7-8,12H,6,9-11H2,1H3,(H,21,24)(H,25,26). The van der Waals surface area contributed by atoms with Gasteiger partial charge in [-0.2, -0.15) is 0 Å². The van der Waals surface area contributed by atoms with Crippen LogP contribution in [0.15, 0.2) is 42.5 Å². The molecule has 2 aromatic rings. The van der Waals surface area contributed by atoms with Crippen LogP contribution in [-0.2, 0) is 22.4 Å². The van der Waals surface area contributed by atoms with Crippen LogP contribution in [-0.4, -0.2) is 29.4 Å². The number of carbonyl (C=O) groups excluding carboxylic acids is 2. The molecule has 0 aliphatic carbocycles. The van der Waals surface area contributed by atoms with Crippen LogP contribution in [0.25, 0.3) is 0 Å². The molecule has 26 heavy (non-hydrogen) atoms. The highest BCUT2D eigenvalue weighted by Gasteiger charge is 2.22. The van der Waals surface area contributed by atoms with Crippen LogP contribution < -0.4 is 10.2 Å². The van der Waals surface area contributed by atoms with Crippen molar-refractivity contribution in [1.29, 1.82) is 0 Å². The third-order valence-corrected chi connectivity index (χ3v) is 4.51. The normalized spacial score (nSPS) is 12.6. The summed E-state index contributed by atoms with van der Waals surface area (Å²) in [4.78, 5) is 36.7. The molecule has 2 aromatic carbocycles. The molecule has 2 amide bonds. The summed E-state index contributed by atoms with van der Waals surface area (Å²) in [6.45, 7) is 2.20. The zero-order valence-electron chi connectivity index (χ0n) is 14.5. The van der Waals surface area contributed by atoms with Gasteiger partial charge >= 0.3 is 5.97 Å². The number of hydrogen-bond donors (Lipinski definition) is 2. The minimum absolute atomic E-state index is 0.0117. The topological polar surface area (TPSA) is 86.7 Å². The molecule has 1 aliphatic rings. The number of fused-ring (bicyclic) bond motifs is 1. The van der Waals surface area contributed by atoms with E-state index in [1.807, 2.05) is 12.1 Å². The van der Waals surface area contributed by atoms with E-state index in [0.29, 0.717) is 24.2 Å². The Hall–Kier alpha value is -3.15. The fourth-order valence-corrected chi connectivity index (χ4v) is 3.23. The molecule has 1 aliphatic heterocycles. The van der Waals surface area contributed by atoms with Crippen LogP contribution in [0.3, 0.4) is 0 Å². The largest absolute Gasteiger partial charge is 0.478 e. The van der Waals surface area contributed by atoms with Crippen LogP contribution in [0.2, 0.25) is 0 Å². The van der Waals surface area contributed by atoms with Crippen molar-refractivity contribution in [2.45, 2.75) is 26.2 Å². The van der Waals surface area contributed by atoms with Gasteiger partial charge in [-0.15, -0.1) is 0 Å². The summed E-state index contributed by atoms with van der Waals surface area (Å²) in [5, 5.41) is 12.0. The average Bonchev–Trinajstić information content (AvgIpc) is 3.03. The van der Waals surface area contributed by atoms with Crippen molar-refractivity contribution in [2.75, 3.05) is 16.8 Å². The molecule has 3 rings (SSSR count). The molecule has 0 radical (unpaired) electrons. The van der Waals surface area contributed by atoms with Gasteiger partial charge in [0.25, 0.3) is 0 Å². The predicted octanol–water partition coefficient (Wildman–Crippen LogP) is 2.87. The van der Waals surface area contributed by atoms with E-state index in [1.165, 1.54) is 6.07 Å². The highest BCUT2D eigenvalue weighted by molar-refractivity contribution is 5.96. The van der Waals surface area contributed by atoms with Gasteiger partial charge in [0.15, 0.2) is 0 Å². The van der Waals surface area contributed by atoms with E-state index in [0.717, 1.165) is 17.7 Å². The summed E-state index contributed by atoms with van der Waals surface area (Å²) in [5.74, 6) is -1.15. The van der Waals surface area contributed by atoms with E-state index in [4.69, 9.17) is 0 Å². The van der Waals surface area contributed by atoms with Crippen molar-refractivity contribution in [3.63, 3.8) is 0 Å². The molecular weight excluding hydrogens is 332 g/mol. The monoisotopic (exact) mass is 352 g/mol. The zero-order valence-corrected chi connectivity index (χ0v) is 14.5. The lowest BCUT2D eigenvalue weighted by Gasteiger charge is -2.15. The molecule has 0 spiro atoms. The molecule has 2 N–H and O–H groups in total. The van der Waals surface area contributed by atoms with E-state index in [2.05, 4.69) is 5.32 Å². The number of carboxylic acids is 1. The van der Waals surface area contributed by atoms with Crippen molar-refractivity contribution in [3.05, 3.63) is 59.2 Å². The summed E-state index contributed by atoms with van der Waals surface area (Å²) in [5.41, 5.74) is 3.48. The third kappa shape index (κ3) is 3.74. The molecule has 0 bridgehead atoms. The summed E-state index contributed by atoms with van der Waals surface area (Å²) < 4.78 is 0. The number of carboxylic acid groups (broad SMARTS) is 1. The van der Waals surface area contributed by atoms with E-state index in [1.54, 1.807) is 36.1 Å². The molecule has 0 aromatic heterocycles. The third-order valence-electron chi connectivity index (χ3n) is 4.51. The SMILES string of the molecule is CC(=O)N1CCc2cc(NC(=O)CCc3ccccc3C(=O)O)ccc21. The number of nitrogens with zero attached hydrogens (tertiary/aromatic N) is 1. The van der Waals surface area contributed by atoms with E-state index in [9.17, 15) is 19.5 Å². The Balaban J connectivity index is 1.63. The maximum Gasteiger partial charge on any atom is 0.335 e. The van der Waals surface area contributed by atoms with Gasteiger partial charge in [0.2, 0.25) is 11.8 Å². The maximum absolute atomic E-state index is 12.2. The number of carbonyl (C=O) groups is 3. The zero-order chi connectivity index (χ0) is 18.7. The van der Waals surface area contributed by atoms with Gasteiger partial charge in [0, 0.05) is 31.3 Å². The Morgan fingerprint density at radius 3 is 2.65 bits per heavy atom. The van der Waals surface area contributed by atoms with Crippen LogP contribution in [0, 0.1) is 0 Å². The Morgan fingerprint density at radius 2 is 1.92 bits per heavy atom. The molecule has 1 heterocycles.